The van der Waals surface area contributed by atoms with Crippen molar-refractivity contribution < 1.29 is 0 Å². The van der Waals surface area contributed by atoms with Gasteiger partial charge in [-0.25, -0.2) is 0 Å². The molecule has 0 aromatic carbocycles. The van der Waals surface area contributed by atoms with Gasteiger partial charge in [-0.05, 0) is 51.7 Å². The van der Waals surface area contributed by atoms with Gasteiger partial charge in [0.15, 0.2) is 0 Å². The van der Waals surface area contributed by atoms with Gasteiger partial charge < -0.3 is 4.57 Å². The summed E-state index contributed by atoms with van der Waals surface area (Å²) in [6.07, 6.45) is 0. The minimum absolute atomic E-state index is 0.571. The molecule has 0 unspecified atom stereocenters. The zero-order valence-corrected chi connectivity index (χ0v) is 10.6. The molecule has 0 aliphatic carbocycles. The lowest BCUT2D eigenvalue weighted by atomic mass is 9.99. The van der Waals surface area contributed by atoms with Crippen molar-refractivity contribution in [3.63, 3.8) is 0 Å². The highest BCUT2D eigenvalue weighted by molar-refractivity contribution is 5.39. The maximum absolute atomic E-state index is 2.45. The van der Waals surface area contributed by atoms with Crippen LogP contribution in [0, 0.1) is 20.8 Å². The van der Waals surface area contributed by atoms with Gasteiger partial charge in [0.05, 0.1) is 0 Å². The smallest absolute Gasteiger partial charge is 0.0279 e. The fraction of sp³-hybridized carbons (Fsp3) is 0.692. The Morgan fingerprint density at radius 2 is 1.36 bits per heavy atom. The second kappa shape index (κ2) is 3.80. The normalized spacial score (nSPS) is 11.8. The minimum atomic E-state index is 0.571. The van der Waals surface area contributed by atoms with Crippen LogP contribution in [0.4, 0.5) is 0 Å². The van der Waals surface area contributed by atoms with E-state index in [1.54, 1.807) is 0 Å². The quantitative estimate of drug-likeness (QED) is 0.666. The predicted octanol–water partition coefficient (Wildman–Crippen LogP) is 4.12. The Kier molecular flexibility index (Phi) is 3.08. The Bertz CT molecular complexity index is 298. The zero-order valence-electron chi connectivity index (χ0n) is 10.6. The van der Waals surface area contributed by atoms with Gasteiger partial charge in [-0.3, -0.25) is 0 Å². The molecule has 0 N–H and O–H groups in total. The van der Waals surface area contributed by atoms with E-state index in [2.05, 4.69) is 53.0 Å². The average Bonchev–Trinajstić information content (AvgIpc) is 2.23. The first kappa shape index (κ1) is 11.4. The minimum Gasteiger partial charge on any atom is -0.346 e. The van der Waals surface area contributed by atoms with E-state index in [-0.39, 0.29) is 0 Å². The third kappa shape index (κ3) is 1.60. The van der Waals surface area contributed by atoms with Crippen LogP contribution < -0.4 is 0 Å². The van der Waals surface area contributed by atoms with E-state index in [1.165, 1.54) is 22.5 Å². The van der Waals surface area contributed by atoms with Crippen LogP contribution >= 0.6 is 0 Å². The summed E-state index contributed by atoms with van der Waals surface area (Å²) in [6.45, 7) is 15.8. The van der Waals surface area contributed by atoms with E-state index < -0.39 is 0 Å². The predicted molar refractivity (Wildman–Crippen MR) is 63.1 cm³/mol. The van der Waals surface area contributed by atoms with Crippen LogP contribution in [0.3, 0.4) is 0 Å². The third-order valence-corrected chi connectivity index (χ3v) is 3.15. The van der Waals surface area contributed by atoms with Crippen LogP contribution in [0.15, 0.2) is 0 Å². The first-order valence-electron chi connectivity index (χ1n) is 5.55. The largest absolute Gasteiger partial charge is 0.346 e. The number of aromatic nitrogens is 1. The molecule has 0 atom stereocenters. The number of hydrogen-bond donors (Lipinski definition) is 0. The van der Waals surface area contributed by atoms with Crippen molar-refractivity contribution >= 4 is 0 Å². The third-order valence-electron chi connectivity index (χ3n) is 3.15. The fourth-order valence-corrected chi connectivity index (χ4v) is 2.65. The molecule has 1 rings (SSSR count). The molecule has 1 heteroatoms. The highest BCUT2D eigenvalue weighted by atomic mass is 15.0. The molecule has 0 bridgehead atoms. The standard InChI is InChI=1S/C13H23N/c1-8(2)13-10(5)11(6)14(9(3)4)12(13)7/h8-9H,1-7H3. The monoisotopic (exact) mass is 193 g/mol. The van der Waals surface area contributed by atoms with Crippen LogP contribution in [-0.4, -0.2) is 4.57 Å². The van der Waals surface area contributed by atoms with E-state index in [0.29, 0.717) is 12.0 Å². The summed E-state index contributed by atoms with van der Waals surface area (Å²) in [5, 5.41) is 0. The van der Waals surface area contributed by atoms with Crippen LogP contribution in [0.25, 0.3) is 0 Å². The second-order valence-electron chi connectivity index (χ2n) is 4.83. The first-order chi connectivity index (χ1) is 6.37. The molecule has 0 aliphatic rings. The summed E-state index contributed by atoms with van der Waals surface area (Å²) in [6, 6.07) is 0.571. The molecule has 14 heavy (non-hydrogen) atoms. The Morgan fingerprint density at radius 3 is 1.57 bits per heavy atom. The molecular weight excluding hydrogens is 170 g/mol. The van der Waals surface area contributed by atoms with Crippen molar-refractivity contribution in [1.82, 2.24) is 4.57 Å². The molecule has 0 saturated heterocycles. The number of rotatable bonds is 2. The van der Waals surface area contributed by atoms with Gasteiger partial charge in [0, 0.05) is 17.4 Å². The van der Waals surface area contributed by atoms with E-state index in [4.69, 9.17) is 0 Å². The van der Waals surface area contributed by atoms with Gasteiger partial charge in [0.2, 0.25) is 0 Å². The molecule has 0 aliphatic heterocycles. The van der Waals surface area contributed by atoms with Crippen molar-refractivity contribution in [3.8, 4) is 0 Å². The van der Waals surface area contributed by atoms with Crippen LogP contribution in [0.2, 0.25) is 0 Å². The van der Waals surface area contributed by atoms with Gasteiger partial charge in [-0.1, -0.05) is 13.8 Å². The van der Waals surface area contributed by atoms with Gasteiger partial charge in [-0.15, -0.1) is 0 Å². The molecule has 0 fully saturated rings. The van der Waals surface area contributed by atoms with Crippen molar-refractivity contribution in [2.24, 2.45) is 0 Å². The maximum Gasteiger partial charge on any atom is 0.0279 e. The summed E-state index contributed by atoms with van der Waals surface area (Å²) in [4.78, 5) is 0. The lowest BCUT2D eigenvalue weighted by Crippen LogP contribution is -2.05. The highest BCUT2D eigenvalue weighted by Gasteiger charge is 2.17. The summed E-state index contributed by atoms with van der Waals surface area (Å²) >= 11 is 0. The summed E-state index contributed by atoms with van der Waals surface area (Å²) < 4.78 is 2.45. The molecule has 0 radical (unpaired) electrons. The van der Waals surface area contributed by atoms with E-state index >= 15 is 0 Å². The highest BCUT2D eigenvalue weighted by Crippen LogP contribution is 2.30. The molecule has 1 aromatic rings. The number of hydrogen-bond acceptors (Lipinski definition) is 0. The average molecular weight is 193 g/mol. The Labute approximate surface area is 88.1 Å². The fourth-order valence-electron chi connectivity index (χ4n) is 2.65. The molecule has 80 valence electrons. The van der Waals surface area contributed by atoms with Crippen LogP contribution in [-0.2, 0) is 0 Å². The molecule has 0 amide bonds. The van der Waals surface area contributed by atoms with Crippen molar-refractivity contribution in [1.29, 1.82) is 0 Å². The Hall–Kier alpha value is -0.720. The molecule has 1 nitrogen and oxygen atoms in total. The van der Waals surface area contributed by atoms with Crippen LogP contribution in [0.5, 0.6) is 0 Å². The van der Waals surface area contributed by atoms with Crippen molar-refractivity contribution in [2.75, 3.05) is 0 Å². The summed E-state index contributed by atoms with van der Waals surface area (Å²) in [5.41, 5.74) is 5.90. The second-order valence-corrected chi connectivity index (χ2v) is 4.83. The maximum atomic E-state index is 2.45. The molecule has 0 spiro atoms. The topological polar surface area (TPSA) is 4.93 Å². The molecule has 1 aromatic heterocycles. The van der Waals surface area contributed by atoms with Gasteiger partial charge in [0.25, 0.3) is 0 Å². The van der Waals surface area contributed by atoms with Gasteiger partial charge in [-0.2, -0.15) is 0 Å². The lowest BCUT2D eigenvalue weighted by Gasteiger charge is -2.14. The van der Waals surface area contributed by atoms with Gasteiger partial charge in [0.1, 0.15) is 0 Å². The first-order valence-corrected chi connectivity index (χ1v) is 5.55. The lowest BCUT2D eigenvalue weighted by molar-refractivity contribution is 0.571. The summed E-state index contributed by atoms with van der Waals surface area (Å²) in [7, 11) is 0. The Balaban J connectivity index is 3.41. The van der Waals surface area contributed by atoms with E-state index in [1.807, 2.05) is 0 Å². The Morgan fingerprint density at radius 1 is 0.857 bits per heavy atom. The van der Waals surface area contributed by atoms with Crippen molar-refractivity contribution in [2.45, 2.75) is 60.4 Å². The van der Waals surface area contributed by atoms with E-state index in [9.17, 15) is 0 Å². The molecule has 0 saturated carbocycles. The molecular formula is C13H23N. The number of nitrogens with zero attached hydrogens (tertiary/aromatic N) is 1. The molecule has 1 heterocycles. The van der Waals surface area contributed by atoms with Crippen molar-refractivity contribution in [3.05, 3.63) is 22.5 Å². The van der Waals surface area contributed by atoms with Crippen LogP contribution in [0.1, 0.15) is 62.2 Å². The zero-order chi connectivity index (χ0) is 11.0. The summed E-state index contributed by atoms with van der Waals surface area (Å²) in [5.74, 6) is 0.633. The SMILES string of the molecule is Cc1c(C(C)C)c(C)n(C(C)C)c1C. The van der Waals surface area contributed by atoms with E-state index in [0.717, 1.165) is 0 Å². The van der Waals surface area contributed by atoms with Gasteiger partial charge >= 0.3 is 0 Å².